The van der Waals surface area contributed by atoms with Gasteiger partial charge < -0.3 is 5.32 Å². The van der Waals surface area contributed by atoms with E-state index >= 15 is 0 Å². The Hall–Kier alpha value is -2.20. The molecular formula is C16H11ClF2N2. The van der Waals surface area contributed by atoms with E-state index in [1.54, 1.807) is 12.3 Å². The highest BCUT2D eigenvalue weighted by Crippen LogP contribution is 2.25. The molecule has 0 amide bonds. The molecule has 0 spiro atoms. The molecule has 1 heterocycles. The van der Waals surface area contributed by atoms with Gasteiger partial charge in [-0.2, -0.15) is 0 Å². The Balaban J connectivity index is 1.90. The summed E-state index contributed by atoms with van der Waals surface area (Å²) in [4.78, 5) is 4.31. The number of rotatable bonds is 3. The van der Waals surface area contributed by atoms with E-state index in [9.17, 15) is 8.78 Å². The first-order valence-electron chi connectivity index (χ1n) is 6.36. The molecule has 0 radical (unpaired) electrons. The van der Waals surface area contributed by atoms with Gasteiger partial charge in [0.15, 0.2) is 0 Å². The van der Waals surface area contributed by atoms with Crippen LogP contribution in [0.2, 0.25) is 5.02 Å². The van der Waals surface area contributed by atoms with Gasteiger partial charge in [0.25, 0.3) is 0 Å². The Kier molecular flexibility index (Phi) is 3.71. The fourth-order valence-corrected chi connectivity index (χ4v) is 2.38. The highest BCUT2D eigenvalue weighted by atomic mass is 35.5. The van der Waals surface area contributed by atoms with E-state index in [2.05, 4.69) is 10.3 Å². The minimum Gasteiger partial charge on any atom is -0.379 e. The average Bonchev–Trinajstić information content (AvgIpc) is 2.48. The van der Waals surface area contributed by atoms with Crippen LogP contribution in [0, 0.1) is 11.6 Å². The largest absolute Gasteiger partial charge is 0.379 e. The maximum Gasteiger partial charge on any atom is 0.149 e. The number of hydrogen-bond donors (Lipinski definition) is 1. The summed E-state index contributed by atoms with van der Waals surface area (Å²) in [6.07, 6.45) is 1.68. The third-order valence-corrected chi connectivity index (χ3v) is 3.53. The number of nitrogens with zero attached hydrogens (tertiary/aromatic N) is 1. The zero-order chi connectivity index (χ0) is 14.8. The Morgan fingerprint density at radius 2 is 1.95 bits per heavy atom. The fourth-order valence-electron chi connectivity index (χ4n) is 2.16. The molecule has 3 aromatic rings. The third kappa shape index (κ3) is 2.81. The summed E-state index contributed by atoms with van der Waals surface area (Å²) in [6.45, 7) is 0.368. The molecule has 2 nitrogen and oxygen atoms in total. The molecule has 0 fully saturated rings. The first-order chi connectivity index (χ1) is 10.1. The maximum absolute atomic E-state index is 13.6. The highest BCUT2D eigenvalue weighted by Gasteiger charge is 2.07. The Labute approximate surface area is 125 Å². The monoisotopic (exact) mass is 304 g/mol. The molecule has 21 heavy (non-hydrogen) atoms. The molecule has 0 aliphatic heterocycles. The number of halogens is 3. The lowest BCUT2D eigenvalue weighted by atomic mass is 10.1. The second kappa shape index (κ2) is 5.66. The van der Waals surface area contributed by atoms with Crippen molar-refractivity contribution in [2.45, 2.75) is 6.54 Å². The summed E-state index contributed by atoms with van der Waals surface area (Å²) in [7, 11) is 0. The van der Waals surface area contributed by atoms with Crippen LogP contribution in [0.15, 0.2) is 48.7 Å². The standard InChI is InChI=1S/C16H11ClF2N2/c17-13-5-3-10(16-12(13)2-1-7-20-16)9-21-15-6-4-11(18)8-14(15)19/h1-8,21H,9H2. The Bertz CT molecular complexity index is 805. The van der Waals surface area contributed by atoms with E-state index in [4.69, 9.17) is 11.6 Å². The summed E-state index contributed by atoms with van der Waals surface area (Å²) < 4.78 is 26.5. The minimum absolute atomic E-state index is 0.246. The molecule has 0 unspecified atom stereocenters. The Morgan fingerprint density at radius 3 is 2.76 bits per heavy atom. The number of benzene rings is 2. The summed E-state index contributed by atoms with van der Waals surface area (Å²) in [5.41, 5.74) is 1.90. The van der Waals surface area contributed by atoms with Gasteiger partial charge in [-0.15, -0.1) is 0 Å². The van der Waals surface area contributed by atoms with Gasteiger partial charge in [-0.05, 0) is 35.9 Å². The molecule has 0 aliphatic carbocycles. The molecule has 0 saturated heterocycles. The number of hydrogen-bond acceptors (Lipinski definition) is 2. The van der Waals surface area contributed by atoms with E-state index in [-0.39, 0.29) is 5.69 Å². The van der Waals surface area contributed by atoms with Crippen LogP contribution in [0.25, 0.3) is 10.9 Å². The van der Waals surface area contributed by atoms with Crippen LogP contribution in [-0.4, -0.2) is 4.98 Å². The van der Waals surface area contributed by atoms with Crippen LogP contribution in [0.4, 0.5) is 14.5 Å². The van der Waals surface area contributed by atoms with Crippen LogP contribution >= 0.6 is 11.6 Å². The van der Waals surface area contributed by atoms with Crippen molar-refractivity contribution in [2.75, 3.05) is 5.32 Å². The van der Waals surface area contributed by atoms with Crippen molar-refractivity contribution in [1.82, 2.24) is 4.98 Å². The van der Waals surface area contributed by atoms with Crippen molar-refractivity contribution in [1.29, 1.82) is 0 Å². The number of aromatic nitrogens is 1. The van der Waals surface area contributed by atoms with E-state index in [0.717, 1.165) is 22.5 Å². The number of fused-ring (bicyclic) bond motifs is 1. The highest BCUT2D eigenvalue weighted by molar-refractivity contribution is 6.35. The molecule has 0 saturated carbocycles. The lowest BCUT2D eigenvalue weighted by molar-refractivity contribution is 0.585. The van der Waals surface area contributed by atoms with Gasteiger partial charge in [0.1, 0.15) is 11.6 Å². The van der Waals surface area contributed by atoms with Crippen molar-refractivity contribution in [3.8, 4) is 0 Å². The smallest absolute Gasteiger partial charge is 0.149 e. The Morgan fingerprint density at radius 1 is 1.10 bits per heavy atom. The third-order valence-electron chi connectivity index (χ3n) is 3.20. The molecule has 106 valence electrons. The van der Waals surface area contributed by atoms with Gasteiger partial charge in [0, 0.05) is 29.2 Å². The normalized spacial score (nSPS) is 10.8. The van der Waals surface area contributed by atoms with Gasteiger partial charge in [0.2, 0.25) is 0 Å². The molecule has 3 rings (SSSR count). The van der Waals surface area contributed by atoms with E-state index in [1.807, 2.05) is 18.2 Å². The summed E-state index contributed by atoms with van der Waals surface area (Å²) in [5, 5.41) is 4.41. The van der Waals surface area contributed by atoms with Crippen molar-refractivity contribution < 1.29 is 8.78 Å². The van der Waals surface area contributed by atoms with Crippen LogP contribution in [-0.2, 0) is 6.54 Å². The molecule has 2 aromatic carbocycles. The second-order valence-corrected chi connectivity index (χ2v) is 4.99. The SMILES string of the molecule is Fc1ccc(NCc2ccc(Cl)c3cccnc23)c(F)c1. The van der Waals surface area contributed by atoms with E-state index in [0.29, 0.717) is 11.6 Å². The molecule has 0 bridgehead atoms. The lowest BCUT2D eigenvalue weighted by Crippen LogP contribution is -2.03. The van der Waals surface area contributed by atoms with Gasteiger partial charge >= 0.3 is 0 Å². The first kappa shape index (κ1) is 13.8. The first-order valence-corrected chi connectivity index (χ1v) is 6.74. The van der Waals surface area contributed by atoms with Crippen molar-refractivity contribution >= 4 is 28.2 Å². The zero-order valence-electron chi connectivity index (χ0n) is 10.9. The fraction of sp³-hybridized carbons (Fsp3) is 0.0625. The number of nitrogens with one attached hydrogen (secondary N) is 1. The molecule has 5 heteroatoms. The topological polar surface area (TPSA) is 24.9 Å². The number of pyridine rings is 1. The maximum atomic E-state index is 13.6. The van der Waals surface area contributed by atoms with Gasteiger partial charge in [-0.25, -0.2) is 8.78 Å². The average molecular weight is 305 g/mol. The molecule has 0 aliphatic rings. The summed E-state index contributed by atoms with van der Waals surface area (Å²) in [6, 6.07) is 10.7. The van der Waals surface area contributed by atoms with Crippen LogP contribution < -0.4 is 5.32 Å². The van der Waals surface area contributed by atoms with Crippen LogP contribution in [0.3, 0.4) is 0 Å². The molecule has 1 N–H and O–H groups in total. The number of anilines is 1. The second-order valence-electron chi connectivity index (χ2n) is 4.58. The minimum atomic E-state index is -0.624. The van der Waals surface area contributed by atoms with Crippen molar-refractivity contribution in [2.24, 2.45) is 0 Å². The van der Waals surface area contributed by atoms with E-state index < -0.39 is 11.6 Å². The predicted octanol–water partition coefficient (Wildman–Crippen LogP) is 4.78. The quantitative estimate of drug-likeness (QED) is 0.753. The van der Waals surface area contributed by atoms with Gasteiger partial charge in [0.05, 0.1) is 11.2 Å². The van der Waals surface area contributed by atoms with Gasteiger partial charge in [-0.1, -0.05) is 17.7 Å². The van der Waals surface area contributed by atoms with Crippen molar-refractivity contribution in [3.05, 3.63) is 70.9 Å². The summed E-state index contributed by atoms with van der Waals surface area (Å²) >= 11 is 6.13. The van der Waals surface area contributed by atoms with Gasteiger partial charge in [-0.3, -0.25) is 4.98 Å². The summed E-state index contributed by atoms with van der Waals surface area (Å²) in [5.74, 6) is -1.22. The molecule has 1 aromatic heterocycles. The molecule has 0 atom stereocenters. The van der Waals surface area contributed by atoms with Crippen LogP contribution in [0.1, 0.15) is 5.56 Å². The van der Waals surface area contributed by atoms with Crippen LogP contribution in [0.5, 0.6) is 0 Å². The predicted molar refractivity (Wildman–Crippen MR) is 80.4 cm³/mol. The molecular weight excluding hydrogens is 294 g/mol. The van der Waals surface area contributed by atoms with Crippen molar-refractivity contribution in [3.63, 3.8) is 0 Å². The zero-order valence-corrected chi connectivity index (χ0v) is 11.7. The lowest BCUT2D eigenvalue weighted by Gasteiger charge is -2.10. The van der Waals surface area contributed by atoms with E-state index in [1.165, 1.54) is 12.1 Å².